The van der Waals surface area contributed by atoms with Crippen LogP contribution in [-0.4, -0.2) is 19.6 Å². The van der Waals surface area contributed by atoms with Gasteiger partial charge in [-0.15, -0.1) is 5.10 Å². The van der Waals surface area contributed by atoms with Crippen molar-refractivity contribution >= 4 is 11.3 Å². The average molecular weight is 225 g/mol. The van der Waals surface area contributed by atoms with Gasteiger partial charge in [0.1, 0.15) is 0 Å². The van der Waals surface area contributed by atoms with Crippen LogP contribution in [0.1, 0.15) is 5.69 Å². The fourth-order valence-corrected chi connectivity index (χ4v) is 1.72. The minimum Gasteiger partial charge on any atom is -0.396 e. The highest BCUT2D eigenvalue weighted by molar-refractivity contribution is 5.68. The summed E-state index contributed by atoms with van der Waals surface area (Å²) >= 11 is 0. The summed E-state index contributed by atoms with van der Waals surface area (Å²) in [4.78, 5) is 8.42. The minimum absolute atomic E-state index is 0.628. The number of aryl methyl sites for hydroxylation is 1. The standard InChI is InChI=1S/C12H11N5/c1-8-2-3-10(13)12-15-11(16-17(8)12)9-4-6-14-7-5-9/h2-7H,13H2,1H3. The van der Waals surface area contributed by atoms with E-state index in [-0.39, 0.29) is 0 Å². The van der Waals surface area contributed by atoms with E-state index in [0.717, 1.165) is 11.3 Å². The second kappa shape index (κ2) is 3.55. The van der Waals surface area contributed by atoms with Gasteiger partial charge >= 0.3 is 0 Å². The van der Waals surface area contributed by atoms with Gasteiger partial charge in [-0.3, -0.25) is 4.98 Å². The maximum Gasteiger partial charge on any atom is 0.182 e. The largest absolute Gasteiger partial charge is 0.396 e. The van der Waals surface area contributed by atoms with Gasteiger partial charge in [0.2, 0.25) is 0 Å². The molecule has 0 amide bonds. The predicted octanol–water partition coefficient (Wildman–Crippen LogP) is 1.68. The Kier molecular flexibility index (Phi) is 2.04. The molecule has 0 atom stereocenters. The average Bonchev–Trinajstić information content (AvgIpc) is 2.81. The van der Waals surface area contributed by atoms with Crippen LogP contribution < -0.4 is 5.73 Å². The predicted molar refractivity (Wildman–Crippen MR) is 65.4 cm³/mol. The zero-order valence-corrected chi connectivity index (χ0v) is 9.33. The Bertz CT molecular complexity index is 633. The molecule has 3 rings (SSSR count). The van der Waals surface area contributed by atoms with Crippen molar-refractivity contribution < 1.29 is 0 Å². The Morgan fingerprint density at radius 3 is 2.59 bits per heavy atom. The Morgan fingerprint density at radius 2 is 1.88 bits per heavy atom. The van der Waals surface area contributed by atoms with Crippen molar-refractivity contribution in [3.05, 3.63) is 42.4 Å². The van der Waals surface area contributed by atoms with Gasteiger partial charge < -0.3 is 5.73 Å². The van der Waals surface area contributed by atoms with E-state index in [2.05, 4.69) is 15.1 Å². The van der Waals surface area contributed by atoms with Gasteiger partial charge in [0.25, 0.3) is 0 Å². The molecular weight excluding hydrogens is 214 g/mol. The van der Waals surface area contributed by atoms with Crippen LogP contribution in [0.3, 0.4) is 0 Å². The van der Waals surface area contributed by atoms with Gasteiger partial charge in [-0.1, -0.05) is 0 Å². The van der Waals surface area contributed by atoms with E-state index in [1.54, 1.807) is 16.9 Å². The molecule has 0 aliphatic heterocycles. The first-order valence-electron chi connectivity index (χ1n) is 5.28. The number of hydrogen-bond acceptors (Lipinski definition) is 4. The molecule has 0 aromatic carbocycles. The monoisotopic (exact) mass is 225 g/mol. The van der Waals surface area contributed by atoms with Crippen LogP contribution in [0.4, 0.5) is 5.69 Å². The van der Waals surface area contributed by atoms with Crippen LogP contribution in [0.15, 0.2) is 36.7 Å². The Morgan fingerprint density at radius 1 is 1.12 bits per heavy atom. The number of rotatable bonds is 1. The molecule has 84 valence electrons. The zero-order valence-electron chi connectivity index (χ0n) is 9.33. The van der Waals surface area contributed by atoms with Gasteiger partial charge in [-0.05, 0) is 31.2 Å². The molecule has 5 heteroatoms. The fraction of sp³-hybridized carbons (Fsp3) is 0.0833. The van der Waals surface area contributed by atoms with Gasteiger partial charge in [0, 0.05) is 23.7 Å². The highest BCUT2D eigenvalue weighted by Crippen LogP contribution is 2.19. The van der Waals surface area contributed by atoms with Crippen LogP contribution in [0.2, 0.25) is 0 Å². The number of fused-ring (bicyclic) bond motifs is 1. The molecule has 0 aliphatic carbocycles. The zero-order chi connectivity index (χ0) is 11.8. The lowest BCUT2D eigenvalue weighted by Gasteiger charge is -1.98. The molecule has 3 heterocycles. The third kappa shape index (κ3) is 1.52. The van der Waals surface area contributed by atoms with E-state index >= 15 is 0 Å². The van der Waals surface area contributed by atoms with Crippen molar-refractivity contribution in [2.45, 2.75) is 6.92 Å². The number of nitrogens with two attached hydrogens (primary N) is 1. The molecule has 17 heavy (non-hydrogen) atoms. The fourth-order valence-electron chi connectivity index (χ4n) is 1.72. The Balaban J connectivity index is 2.27. The molecule has 3 aromatic heterocycles. The summed E-state index contributed by atoms with van der Waals surface area (Å²) in [6.07, 6.45) is 3.44. The molecule has 0 aliphatic rings. The summed E-state index contributed by atoms with van der Waals surface area (Å²) < 4.78 is 1.76. The Labute approximate surface area is 97.9 Å². The molecule has 0 radical (unpaired) electrons. The summed E-state index contributed by atoms with van der Waals surface area (Å²) in [5.41, 5.74) is 9.14. The second-order valence-electron chi connectivity index (χ2n) is 3.84. The van der Waals surface area contributed by atoms with E-state index in [1.165, 1.54) is 0 Å². The van der Waals surface area contributed by atoms with Crippen molar-refractivity contribution in [2.75, 3.05) is 5.73 Å². The maximum atomic E-state index is 5.88. The van der Waals surface area contributed by atoms with E-state index in [1.807, 2.05) is 31.2 Å². The van der Waals surface area contributed by atoms with Crippen LogP contribution >= 0.6 is 0 Å². The smallest absolute Gasteiger partial charge is 0.182 e. The topological polar surface area (TPSA) is 69.1 Å². The third-order valence-corrected chi connectivity index (χ3v) is 2.64. The van der Waals surface area contributed by atoms with Gasteiger partial charge in [-0.2, -0.15) is 0 Å². The van der Waals surface area contributed by atoms with E-state index in [4.69, 9.17) is 5.73 Å². The molecule has 0 saturated carbocycles. The number of anilines is 1. The number of hydrogen-bond donors (Lipinski definition) is 1. The molecule has 0 bridgehead atoms. The highest BCUT2D eigenvalue weighted by atomic mass is 15.3. The number of nitrogens with zero attached hydrogens (tertiary/aromatic N) is 4. The van der Waals surface area contributed by atoms with E-state index < -0.39 is 0 Å². The van der Waals surface area contributed by atoms with E-state index in [0.29, 0.717) is 17.2 Å². The summed E-state index contributed by atoms with van der Waals surface area (Å²) in [5, 5.41) is 4.44. The lowest BCUT2D eigenvalue weighted by atomic mass is 10.2. The summed E-state index contributed by atoms with van der Waals surface area (Å²) in [5.74, 6) is 0.661. The molecule has 0 unspecified atom stereocenters. The first-order valence-corrected chi connectivity index (χ1v) is 5.28. The van der Waals surface area contributed by atoms with Gasteiger partial charge in [0.05, 0.1) is 5.69 Å². The second-order valence-corrected chi connectivity index (χ2v) is 3.84. The summed E-state index contributed by atoms with van der Waals surface area (Å²) in [6, 6.07) is 7.52. The maximum absolute atomic E-state index is 5.88. The van der Waals surface area contributed by atoms with Crippen LogP contribution in [0, 0.1) is 6.92 Å². The number of pyridine rings is 2. The molecule has 3 aromatic rings. The Hall–Kier alpha value is -2.43. The van der Waals surface area contributed by atoms with Crippen molar-refractivity contribution in [1.29, 1.82) is 0 Å². The SMILES string of the molecule is Cc1ccc(N)c2nc(-c3ccncc3)nn12. The van der Waals surface area contributed by atoms with Crippen LogP contribution in [0.5, 0.6) is 0 Å². The molecule has 5 nitrogen and oxygen atoms in total. The van der Waals surface area contributed by atoms with Crippen molar-refractivity contribution in [3.63, 3.8) is 0 Å². The lowest BCUT2D eigenvalue weighted by molar-refractivity contribution is 0.920. The third-order valence-electron chi connectivity index (χ3n) is 2.64. The van der Waals surface area contributed by atoms with Gasteiger partial charge in [0.15, 0.2) is 11.5 Å². The highest BCUT2D eigenvalue weighted by Gasteiger charge is 2.09. The van der Waals surface area contributed by atoms with Crippen molar-refractivity contribution in [3.8, 4) is 11.4 Å². The lowest BCUT2D eigenvalue weighted by Crippen LogP contribution is -1.97. The van der Waals surface area contributed by atoms with Gasteiger partial charge in [-0.25, -0.2) is 9.50 Å². The molecule has 2 N–H and O–H groups in total. The minimum atomic E-state index is 0.628. The number of aromatic nitrogens is 4. The normalized spacial score (nSPS) is 10.9. The summed E-state index contributed by atoms with van der Waals surface area (Å²) in [6.45, 7) is 1.97. The van der Waals surface area contributed by atoms with E-state index in [9.17, 15) is 0 Å². The first kappa shape index (κ1) is 9.77. The quantitative estimate of drug-likeness (QED) is 0.684. The number of nitrogen functional groups attached to an aromatic ring is 1. The van der Waals surface area contributed by atoms with Crippen LogP contribution in [0.25, 0.3) is 17.0 Å². The van der Waals surface area contributed by atoms with Crippen molar-refractivity contribution in [1.82, 2.24) is 19.6 Å². The molecule has 0 fully saturated rings. The molecule has 0 spiro atoms. The van der Waals surface area contributed by atoms with Crippen molar-refractivity contribution in [2.24, 2.45) is 0 Å². The first-order chi connectivity index (χ1) is 8.25. The molecule has 0 saturated heterocycles. The van der Waals surface area contributed by atoms with Crippen LogP contribution in [-0.2, 0) is 0 Å². The summed E-state index contributed by atoms with van der Waals surface area (Å²) in [7, 11) is 0. The molecular formula is C12H11N5.